The molecule has 2 unspecified atom stereocenters. The van der Waals surface area contributed by atoms with Gasteiger partial charge in [-0.2, -0.15) is 0 Å². The van der Waals surface area contributed by atoms with E-state index in [1.165, 1.54) is 17.0 Å². The summed E-state index contributed by atoms with van der Waals surface area (Å²) in [5.74, 6) is 0.209. The highest BCUT2D eigenvalue weighted by molar-refractivity contribution is 7.80. The largest absolute Gasteiger partial charge is 0.506 e. The van der Waals surface area contributed by atoms with Gasteiger partial charge in [0.1, 0.15) is 5.75 Å². The van der Waals surface area contributed by atoms with Crippen LogP contribution in [0, 0.1) is 13.8 Å². The Morgan fingerprint density at radius 3 is 2.45 bits per heavy atom. The summed E-state index contributed by atoms with van der Waals surface area (Å²) in [4.78, 5) is 6.62. The normalized spacial score (nSPS) is 19.1. The number of phenolic OH excluding ortho intramolecular Hbond substituents is 1. The van der Waals surface area contributed by atoms with E-state index in [2.05, 4.69) is 48.6 Å². The third kappa shape index (κ3) is 3.27. The third-order valence-electron chi connectivity index (χ3n) is 5.60. The molecule has 0 bridgehead atoms. The predicted octanol–water partition coefficient (Wildman–Crippen LogP) is 4.96. The summed E-state index contributed by atoms with van der Waals surface area (Å²) in [6.07, 6.45) is 1.80. The molecular formula is C23H26N4OS. The van der Waals surface area contributed by atoms with Crippen molar-refractivity contribution in [2.24, 2.45) is 0 Å². The van der Waals surface area contributed by atoms with Gasteiger partial charge in [-0.3, -0.25) is 4.98 Å². The Morgan fingerprint density at radius 2 is 1.83 bits per heavy atom. The van der Waals surface area contributed by atoms with Crippen LogP contribution in [0.1, 0.15) is 54.6 Å². The van der Waals surface area contributed by atoms with E-state index in [0.717, 1.165) is 5.69 Å². The van der Waals surface area contributed by atoms with E-state index in [9.17, 15) is 5.11 Å². The Kier molecular flexibility index (Phi) is 5.04. The highest BCUT2D eigenvalue weighted by Gasteiger charge is 2.43. The number of aromatic hydroxyl groups is 1. The molecule has 150 valence electrons. The van der Waals surface area contributed by atoms with Gasteiger partial charge >= 0.3 is 0 Å². The van der Waals surface area contributed by atoms with Gasteiger partial charge in [-0.05, 0) is 75.8 Å². The van der Waals surface area contributed by atoms with E-state index in [4.69, 9.17) is 12.2 Å². The second-order valence-electron chi connectivity index (χ2n) is 7.78. The van der Waals surface area contributed by atoms with Crippen molar-refractivity contribution >= 4 is 23.0 Å². The minimum absolute atomic E-state index is 0.121. The van der Waals surface area contributed by atoms with E-state index < -0.39 is 0 Å². The fraction of sp³-hybridized carbons (Fsp3) is 0.304. The molecule has 1 saturated heterocycles. The lowest BCUT2D eigenvalue weighted by molar-refractivity contribution is 0.472. The van der Waals surface area contributed by atoms with Crippen LogP contribution in [-0.4, -0.2) is 19.8 Å². The van der Waals surface area contributed by atoms with E-state index in [0.29, 0.717) is 16.8 Å². The number of para-hydroxylation sites is 2. The molecule has 29 heavy (non-hydrogen) atoms. The first-order valence-corrected chi connectivity index (χ1v) is 10.3. The lowest BCUT2D eigenvalue weighted by Gasteiger charge is -2.28. The van der Waals surface area contributed by atoms with Gasteiger partial charge in [-0.15, -0.1) is 0 Å². The number of aromatic nitrogens is 2. The molecule has 2 atom stereocenters. The Bertz CT molecular complexity index is 1040. The minimum Gasteiger partial charge on any atom is -0.506 e. The number of nitrogens with one attached hydrogen (secondary N) is 1. The van der Waals surface area contributed by atoms with Crippen LogP contribution >= 0.6 is 12.2 Å². The molecule has 5 nitrogen and oxygen atoms in total. The summed E-state index contributed by atoms with van der Waals surface area (Å²) in [5.41, 5.74) is 5.22. The Balaban J connectivity index is 1.92. The summed E-state index contributed by atoms with van der Waals surface area (Å²) in [7, 11) is 0. The number of anilines is 1. The second kappa shape index (κ2) is 7.52. The molecule has 1 aromatic carbocycles. The first-order valence-electron chi connectivity index (χ1n) is 9.87. The number of aryl methyl sites for hydroxylation is 1. The van der Waals surface area contributed by atoms with E-state index in [1.807, 2.05) is 41.3 Å². The number of rotatable bonds is 4. The fourth-order valence-corrected chi connectivity index (χ4v) is 4.83. The first kappa shape index (κ1) is 19.5. The Morgan fingerprint density at radius 1 is 1.10 bits per heavy atom. The number of benzene rings is 1. The topological polar surface area (TPSA) is 53.3 Å². The number of thiocarbonyl (C=S) groups is 1. The molecule has 1 aliphatic rings. The molecule has 0 saturated carbocycles. The SMILES string of the molecule is Cc1cc(C2C(c3ccccn3)NC(=S)N2c2ccccc2O)c(C)n1C(C)C. The molecule has 0 aliphatic carbocycles. The standard InChI is InChI=1S/C23H26N4OS/c1-14(2)26-15(3)13-17(16(26)4)22-21(18-9-7-8-12-24-18)25-23(29)27(22)19-10-5-6-11-20(19)28/h5-14,21-22,28H,1-4H3,(H,25,29). The lowest BCUT2D eigenvalue weighted by Crippen LogP contribution is -2.29. The molecular weight excluding hydrogens is 380 g/mol. The Labute approximate surface area is 177 Å². The molecule has 1 aliphatic heterocycles. The summed E-state index contributed by atoms with van der Waals surface area (Å²) in [5, 5.41) is 14.6. The first-order chi connectivity index (χ1) is 13.9. The van der Waals surface area contributed by atoms with Crippen molar-refractivity contribution in [3.8, 4) is 5.75 Å². The zero-order valence-electron chi connectivity index (χ0n) is 17.1. The van der Waals surface area contributed by atoms with Crippen molar-refractivity contribution in [1.82, 2.24) is 14.9 Å². The zero-order valence-corrected chi connectivity index (χ0v) is 17.9. The van der Waals surface area contributed by atoms with Crippen molar-refractivity contribution < 1.29 is 5.11 Å². The van der Waals surface area contributed by atoms with Crippen LogP contribution in [0.4, 0.5) is 5.69 Å². The molecule has 0 spiro atoms. The van der Waals surface area contributed by atoms with E-state index in [1.54, 1.807) is 12.3 Å². The molecule has 2 aromatic heterocycles. The summed E-state index contributed by atoms with van der Waals surface area (Å²) in [6, 6.07) is 15.6. The molecule has 0 amide bonds. The average molecular weight is 407 g/mol. The smallest absolute Gasteiger partial charge is 0.174 e. The lowest BCUT2D eigenvalue weighted by atomic mass is 9.96. The number of phenols is 1. The van der Waals surface area contributed by atoms with Gasteiger partial charge in [-0.1, -0.05) is 18.2 Å². The van der Waals surface area contributed by atoms with Crippen molar-refractivity contribution in [1.29, 1.82) is 0 Å². The molecule has 0 radical (unpaired) electrons. The number of pyridine rings is 1. The number of nitrogens with zero attached hydrogens (tertiary/aromatic N) is 3. The van der Waals surface area contributed by atoms with Gasteiger partial charge in [0.05, 0.1) is 23.5 Å². The van der Waals surface area contributed by atoms with Crippen LogP contribution in [0.25, 0.3) is 0 Å². The van der Waals surface area contributed by atoms with Gasteiger partial charge in [-0.25, -0.2) is 0 Å². The molecule has 3 heterocycles. The van der Waals surface area contributed by atoms with Crippen molar-refractivity contribution in [2.45, 2.75) is 45.8 Å². The summed E-state index contributed by atoms with van der Waals surface area (Å²) >= 11 is 5.74. The van der Waals surface area contributed by atoms with Crippen molar-refractivity contribution in [2.75, 3.05) is 4.90 Å². The fourth-order valence-electron chi connectivity index (χ4n) is 4.49. The van der Waals surface area contributed by atoms with Crippen LogP contribution in [0.2, 0.25) is 0 Å². The van der Waals surface area contributed by atoms with Crippen molar-refractivity contribution in [3.05, 3.63) is 77.4 Å². The molecule has 6 heteroatoms. The van der Waals surface area contributed by atoms with Crippen LogP contribution in [-0.2, 0) is 0 Å². The second-order valence-corrected chi connectivity index (χ2v) is 8.16. The predicted molar refractivity (Wildman–Crippen MR) is 120 cm³/mol. The maximum atomic E-state index is 10.6. The van der Waals surface area contributed by atoms with Crippen LogP contribution in [0.15, 0.2) is 54.7 Å². The average Bonchev–Trinajstić information content (AvgIpc) is 3.18. The van der Waals surface area contributed by atoms with Gasteiger partial charge in [0, 0.05) is 23.6 Å². The van der Waals surface area contributed by atoms with Gasteiger partial charge in [0.15, 0.2) is 5.11 Å². The molecule has 4 rings (SSSR count). The quantitative estimate of drug-likeness (QED) is 0.600. The van der Waals surface area contributed by atoms with Crippen LogP contribution in [0.5, 0.6) is 5.75 Å². The van der Waals surface area contributed by atoms with Crippen molar-refractivity contribution in [3.63, 3.8) is 0 Å². The maximum absolute atomic E-state index is 10.6. The van der Waals surface area contributed by atoms with Gasteiger partial charge in [0.25, 0.3) is 0 Å². The maximum Gasteiger partial charge on any atom is 0.174 e. The van der Waals surface area contributed by atoms with Crippen LogP contribution in [0.3, 0.4) is 0 Å². The molecule has 2 N–H and O–H groups in total. The third-order valence-corrected chi connectivity index (χ3v) is 5.91. The van der Waals surface area contributed by atoms with E-state index in [-0.39, 0.29) is 17.8 Å². The summed E-state index contributed by atoms with van der Waals surface area (Å²) in [6.45, 7) is 8.68. The Hall–Kier alpha value is -2.86. The highest BCUT2D eigenvalue weighted by Crippen LogP contribution is 2.45. The van der Waals surface area contributed by atoms with E-state index >= 15 is 0 Å². The highest BCUT2D eigenvalue weighted by atomic mass is 32.1. The number of hydrogen-bond acceptors (Lipinski definition) is 3. The van der Waals surface area contributed by atoms with Crippen LogP contribution < -0.4 is 10.2 Å². The molecule has 3 aromatic rings. The molecule has 1 fully saturated rings. The van der Waals surface area contributed by atoms with Gasteiger partial charge < -0.3 is 19.9 Å². The monoisotopic (exact) mass is 406 g/mol. The zero-order chi connectivity index (χ0) is 20.7. The number of hydrogen-bond donors (Lipinski definition) is 2. The minimum atomic E-state index is -0.121. The van der Waals surface area contributed by atoms with Gasteiger partial charge in [0.2, 0.25) is 0 Å². The summed E-state index contributed by atoms with van der Waals surface area (Å²) < 4.78 is 2.34.